The van der Waals surface area contributed by atoms with E-state index in [-0.39, 0.29) is 24.3 Å². The van der Waals surface area contributed by atoms with Crippen molar-refractivity contribution in [3.05, 3.63) is 54.6 Å². The fourth-order valence-corrected chi connectivity index (χ4v) is 4.33. The van der Waals surface area contributed by atoms with Crippen molar-refractivity contribution in [3.63, 3.8) is 0 Å². The van der Waals surface area contributed by atoms with Crippen molar-refractivity contribution < 1.29 is 46.7 Å². The number of hydrogen-bond donors (Lipinski definition) is 2. The Kier molecular flexibility index (Phi) is 7.93. The molecule has 0 aliphatic carbocycles. The Morgan fingerprint density at radius 3 is 2.50 bits per heavy atom. The van der Waals surface area contributed by atoms with Gasteiger partial charge in [-0.1, -0.05) is 17.2 Å². The van der Waals surface area contributed by atoms with Crippen molar-refractivity contribution in [2.75, 3.05) is 6.61 Å². The summed E-state index contributed by atoms with van der Waals surface area (Å²) in [5.41, 5.74) is 0.672. The van der Waals surface area contributed by atoms with Gasteiger partial charge in [0.15, 0.2) is 0 Å². The van der Waals surface area contributed by atoms with Crippen molar-refractivity contribution in [2.24, 2.45) is 16.1 Å². The van der Waals surface area contributed by atoms with Gasteiger partial charge in [0.25, 0.3) is 10.1 Å². The lowest BCUT2D eigenvalue weighted by Crippen LogP contribution is -2.12. The minimum absolute atomic E-state index is 0.00605. The Bertz CT molecular complexity index is 1420. The van der Waals surface area contributed by atoms with E-state index >= 15 is 0 Å². The van der Waals surface area contributed by atoms with E-state index in [0.29, 0.717) is 27.4 Å². The van der Waals surface area contributed by atoms with Gasteiger partial charge in [0.2, 0.25) is 0 Å². The Hall–Kier alpha value is -3.40. The maximum atomic E-state index is 11.7. The molecule has 0 amide bonds. The van der Waals surface area contributed by atoms with Crippen LogP contribution in [0.4, 0.5) is 11.4 Å². The van der Waals surface area contributed by atoms with Gasteiger partial charge in [-0.05, 0) is 54.3 Å². The van der Waals surface area contributed by atoms with Gasteiger partial charge in [-0.3, -0.25) is 14.1 Å². The molecule has 0 saturated carbocycles. The molecule has 0 bridgehead atoms. The van der Waals surface area contributed by atoms with Crippen molar-refractivity contribution in [1.82, 2.24) is 0 Å². The number of rotatable bonds is 10. The van der Waals surface area contributed by atoms with Crippen molar-refractivity contribution in [1.29, 1.82) is 0 Å². The molecule has 1 atom stereocenters. The molecule has 0 radical (unpaired) electrons. The van der Waals surface area contributed by atoms with Crippen LogP contribution in [0.25, 0.3) is 10.8 Å². The van der Waals surface area contributed by atoms with Crippen LogP contribution in [0.3, 0.4) is 0 Å². The van der Waals surface area contributed by atoms with Crippen LogP contribution >= 0.6 is 12.0 Å². The lowest BCUT2D eigenvalue weighted by Gasteiger charge is -2.12. The van der Waals surface area contributed by atoms with Crippen LogP contribution in [0.1, 0.15) is 12.8 Å². The lowest BCUT2D eigenvalue weighted by atomic mass is 10.0. The van der Waals surface area contributed by atoms with E-state index in [2.05, 4.69) is 24.3 Å². The van der Waals surface area contributed by atoms with Crippen LogP contribution in [0.2, 0.25) is 0 Å². The van der Waals surface area contributed by atoms with E-state index in [9.17, 15) is 18.0 Å². The first-order valence-corrected chi connectivity index (χ1v) is 12.5. The molecular weight excluding hydrogens is 516 g/mol. The monoisotopic (exact) mass is 534 g/mol. The van der Waals surface area contributed by atoms with Gasteiger partial charge in [-0.15, -0.1) is 9.45 Å². The molecule has 1 fully saturated rings. The van der Waals surface area contributed by atoms with Gasteiger partial charge < -0.3 is 9.47 Å². The Morgan fingerprint density at radius 1 is 1.06 bits per heavy atom. The second kappa shape index (κ2) is 11.1. The summed E-state index contributed by atoms with van der Waals surface area (Å²) in [6, 6.07) is 13.7. The van der Waals surface area contributed by atoms with Crippen molar-refractivity contribution in [3.8, 4) is 5.75 Å². The van der Waals surface area contributed by atoms with E-state index in [1.54, 1.807) is 30.3 Å². The number of ether oxygens (including phenoxy) is 2. The highest BCUT2D eigenvalue weighted by atomic mass is 32.2. The first-order valence-electron chi connectivity index (χ1n) is 10.3. The average molecular weight is 535 g/mol. The number of hydrogen-bond acceptors (Lipinski definition) is 12. The number of carbonyl (C=O) groups is 2. The summed E-state index contributed by atoms with van der Waals surface area (Å²) in [7, 11) is -4.34. The summed E-state index contributed by atoms with van der Waals surface area (Å²) in [5.74, 6) is -1.35. The van der Waals surface area contributed by atoms with Gasteiger partial charge in [-0.25, -0.2) is 5.26 Å². The summed E-state index contributed by atoms with van der Waals surface area (Å²) in [5, 5.41) is 21.8. The van der Waals surface area contributed by atoms with Crippen LogP contribution in [0.5, 0.6) is 5.75 Å². The second-order valence-electron chi connectivity index (χ2n) is 7.52. The molecule has 1 heterocycles. The van der Waals surface area contributed by atoms with E-state index < -0.39 is 28.0 Å². The average Bonchev–Trinajstić information content (AvgIpc) is 3.17. The van der Waals surface area contributed by atoms with E-state index in [1.807, 2.05) is 0 Å². The van der Waals surface area contributed by atoms with Gasteiger partial charge in [0.1, 0.15) is 11.4 Å². The topological polar surface area (TPSA) is 170 Å². The van der Waals surface area contributed by atoms with Gasteiger partial charge in [0, 0.05) is 10.3 Å². The molecule has 1 unspecified atom stereocenters. The molecule has 14 heteroatoms. The molecule has 2 N–H and O–H groups in total. The maximum Gasteiger partial charge on any atom is 0.317 e. The fourth-order valence-electron chi connectivity index (χ4n) is 3.44. The molecule has 4 rings (SSSR count). The normalized spacial score (nSPS) is 16.1. The molecule has 3 aromatic carbocycles. The van der Waals surface area contributed by atoms with E-state index in [0.717, 1.165) is 17.4 Å². The van der Waals surface area contributed by atoms with E-state index in [4.69, 9.17) is 14.5 Å². The second-order valence-corrected chi connectivity index (χ2v) is 9.72. The van der Waals surface area contributed by atoms with Crippen LogP contribution in [-0.4, -0.2) is 36.8 Å². The third-order valence-electron chi connectivity index (χ3n) is 5.17. The molecule has 36 heavy (non-hydrogen) atoms. The molecule has 12 nitrogen and oxygen atoms in total. The van der Waals surface area contributed by atoms with Crippen molar-refractivity contribution in [2.45, 2.75) is 22.6 Å². The summed E-state index contributed by atoms with van der Waals surface area (Å²) in [6.45, 7) is 0.111. The third-order valence-corrected chi connectivity index (χ3v) is 6.61. The Morgan fingerprint density at radius 2 is 1.83 bits per heavy atom. The first kappa shape index (κ1) is 25.7. The molecule has 3 aromatic rings. The highest BCUT2D eigenvalue weighted by Crippen LogP contribution is 2.39. The smallest absolute Gasteiger partial charge is 0.317 e. The zero-order valence-corrected chi connectivity index (χ0v) is 19.9. The summed E-state index contributed by atoms with van der Waals surface area (Å²) in [4.78, 5) is 23.3. The lowest BCUT2D eigenvalue weighted by molar-refractivity contribution is -0.432. The molecule has 1 aliphatic heterocycles. The number of nitrogens with zero attached hydrogens (tertiary/aromatic N) is 2. The number of esters is 2. The quantitative estimate of drug-likeness (QED) is 0.0697. The summed E-state index contributed by atoms with van der Waals surface area (Å²) in [6.07, 6.45) is 0.274. The van der Waals surface area contributed by atoms with Crippen LogP contribution in [-0.2, 0) is 33.8 Å². The van der Waals surface area contributed by atoms with Crippen LogP contribution in [0, 0.1) is 5.92 Å². The minimum Gasteiger partial charge on any atom is -0.491 e. The molecule has 1 aliphatic rings. The zero-order chi connectivity index (χ0) is 25.7. The molecule has 188 valence electrons. The molecular formula is C22H18N2O10S2. The fraction of sp³-hybridized carbons (Fsp3) is 0.182. The Labute approximate surface area is 208 Å². The third kappa shape index (κ3) is 6.23. The predicted molar refractivity (Wildman–Crippen MR) is 124 cm³/mol. The number of fused-ring (bicyclic) bond motifs is 1. The first-order chi connectivity index (χ1) is 17.2. The van der Waals surface area contributed by atoms with Crippen molar-refractivity contribution >= 4 is 56.2 Å². The standard InChI is InChI=1S/C22H18N2O10S2/c25-20-12-14(22(26)32-20)9-10-31-19-8-1-13-11-16(35-34-33-27)4-7-18(13)21(19)24-23-15-2-5-17(6-3-15)36(28,29)30/h1-8,11,14,27H,9-10,12H2,(H,28,29,30). The number of carbonyl (C=O) groups excluding carboxylic acids is 2. The molecule has 0 spiro atoms. The SMILES string of the molecule is O=C1CC(CCOc2ccc3cc(SOOO)ccc3c2N=Nc2ccc(S(=O)(=O)O)cc2)C(=O)O1. The minimum atomic E-state index is -4.34. The molecule has 1 saturated heterocycles. The van der Waals surface area contributed by atoms with Crippen LogP contribution < -0.4 is 4.74 Å². The van der Waals surface area contributed by atoms with Crippen LogP contribution in [0.15, 0.2) is 74.6 Å². The number of cyclic esters (lactones) is 2. The highest BCUT2D eigenvalue weighted by Gasteiger charge is 2.33. The largest absolute Gasteiger partial charge is 0.491 e. The van der Waals surface area contributed by atoms with Gasteiger partial charge >= 0.3 is 11.9 Å². The van der Waals surface area contributed by atoms with Gasteiger partial charge in [-0.2, -0.15) is 13.5 Å². The molecule has 0 aromatic heterocycles. The maximum absolute atomic E-state index is 11.7. The predicted octanol–water partition coefficient (Wildman–Crippen LogP) is 4.79. The Balaban J connectivity index is 1.62. The highest BCUT2D eigenvalue weighted by molar-refractivity contribution is 7.94. The number of benzene rings is 3. The van der Waals surface area contributed by atoms with Gasteiger partial charge in [0.05, 0.1) is 41.6 Å². The van der Waals surface area contributed by atoms with E-state index in [1.165, 1.54) is 24.3 Å². The summed E-state index contributed by atoms with van der Waals surface area (Å²) < 4.78 is 46.5. The summed E-state index contributed by atoms with van der Waals surface area (Å²) >= 11 is 0.789. The number of azo groups is 1. The zero-order valence-electron chi connectivity index (χ0n) is 18.3.